The van der Waals surface area contributed by atoms with Gasteiger partial charge >= 0.3 is 137 Å². The summed E-state index contributed by atoms with van der Waals surface area (Å²) in [6, 6.07) is 19.5. The Hall–Kier alpha value is -1.49. The summed E-state index contributed by atoms with van der Waals surface area (Å²) in [6.45, 7) is 13.5. The molecule has 2 aromatic carbocycles. The van der Waals surface area contributed by atoms with Gasteiger partial charge in [-0.3, -0.25) is 0 Å². The molecule has 0 aliphatic carbocycles. The van der Waals surface area contributed by atoms with Crippen LogP contribution in [0.25, 0.3) is 0 Å². The van der Waals surface area contributed by atoms with Crippen molar-refractivity contribution in [3.8, 4) is 0 Å². The molecule has 23 heavy (non-hydrogen) atoms. The van der Waals surface area contributed by atoms with E-state index >= 15 is 0 Å². The van der Waals surface area contributed by atoms with Gasteiger partial charge in [0, 0.05) is 17.4 Å². The van der Waals surface area contributed by atoms with E-state index in [1.807, 2.05) is 0 Å². The average Bonchev–Trinajstić information content (AvgIpc) is 2.61. The summed E-state index contributed by atoms with van der Waals surface area (Å²) in [5, 5.41) is 0. The largest absolute Gasteiger partial charge is 0 e. The van der Waals surface area contributed by atoms with Gasteiger partial charge in [0.1, 0.15) is 0 Å². The normalized spacial score (nSPS) is 7.30. The molecule has 0 aromatic heterocycles. The minimum atomic E-state index is 0. The van der Waals surface area contributed by atoms with E-state index in [0.29, 0.717) is 15.0 Å². The van der Waals surface area contributed by atoms with E-state index in [0.717, 1.165) is 0 Å². The molecular formula is C17H15CrNO3Se. The topological polar surface area (TPSA) is 62.9 Å². The fourth-order valence-corrected chi connectivity index (χ4v) is 3.19. The Balaban J connectivity index is -0.000000514. The van der Waals surface area contributed by atoms with Crippen molar-refractivity contribution in [1.82, 2.24) is 0 Å². The Labute approximate surface area is 154 Å². The maximum Gasteiger partial charge on any atom is 0 e. The van der Waals surface area contributed by atoms with Crippen molar-refractivity contribution in [1.29, 1.82) is 0 Å². The van der Waals surface area contributed by atoms with Crippen LogP contribution in [0, 0.1) is 20.0 Å². The van der Waals surface area contributed by atoms with Crippen LogP contribution in [0.15, 0.2) is 54.6 Å². The molecule has 0 N–H and O–H groups in total. The first-order valence-electron chi connectivity index (χ1n) is 5.87. The van der Waals surface area contributed by atoms with Crippen LogP contribution in [0.4, 0.5) is 5.69 Å². The molecule has 6 heteroatoms. The minimum Gasteiger partial charge on any atom is 0 e. The summed E-state index contributed by atoms with van der Waals surface area (Å²) in [5.41, 5.74) is 1.26. The van der Waals surface area contributed by atoms with Gasteiger partial charge in [-0.15, -0.1) is 0 Å². The number of rotatable bonds is 3. The Morgan fingerprint density at radius 3 is 1.48 bits per heavy atom. The van der Waals surface area contributed by atoms with Crippen LogP contribution in [0.1, 0.15) is 0 Å². The standard InChI is InChI=1S/C14H15NSe.3CO.Cr/c1-15(2)12-8-10-14(11-9-12)16-13-6-4-3-5-7-13;3*1-2;/h3-11H,1-2H3;;;;. The zero-order valence-electron chi connectivity index (χ0n) is 12.7. The smallest absolute Gasteiger partial charge is 0 e. The molecule has 0 radical (unpaired) electrons. The molecule has 0 bridgehead atoms. The van der Waals surface area contributed by atoms with Crippen molar-refractivity contribution >= 4 is 29.6 Å². The van der Waals surface area contributed by atoms with E-state index in [4.69, 9.17) is 14.0 Å². The number of benzene rings is 2. The molecule has 118 valence electrons. The van der Waals surface area contributed by atoms with E-state index in [-0.39, 0.29) is 17.4 Å². The van der Waals surface area contributed by atoms with Crippen molar-refractivity contribution in [3.63, 3.8) is 0 Å². The van der Waals surface area contributed by atoms with E-state index in [1.54, 1.807) is 0 Å². The molecule has 0 aliphatic heterocycles. The molecule has 0 aliphatic rings. The molecule has 0 saturated heterocycles. The maximum absolute atomic E-state index is 7.50. The van der Waals surface area contributed by atoms with Crippen LogP contribution in [0.3, 0.4) is 0 Å². The first kappa shape index (κ1) is 26.4. The summed E-state index contributed by atoms with van der Waals surface area (Å²) in [4.78, 5) is 2.12. The van der Waals surface area contributed by atoms with Gasteiger partial charge in [-0.1, -0.05) is 0 Å². The van der Waals surface area contributed by atoms with Crippen LogP contribution in [0.2, 0.25) is 0 Å². The molecule has 0 atom stereocenters. The molecule has 0 amide bonds. The molecule has 0 spiro atoms. The van der Waals surface area contributed by atoms with Crippen molar-refractivity contribution in [2.75, 3.05) is 19.0 Å². The average molecular weight is 412 g/mol. The van der Waals surface area contributed by atoms with Crippen LogP contribution in [0.5, 0.6) is 0 Å². The zero-order valence-corrected chi connectivity index (χ0v) is 15.7. The van der Waals surface area contributed by atoms with Crippen LogP contribution in [-0.2, 0) is 31.3 Å². The van der Waals surface area contributed by atoms with Gasteiger partial charge < -0.3 is 0 Å². The fraction of sp³-hybridized carbons (Fsp3) is 0.118. The van der Waals surface area contributed by atoms with Crippen molar-refractivity contribution in [2.45, 2.75) is 0 Å². The van der Waals surface area contributed by atoms with E-state index < -0.39 is 0 Å². The number of hydrogen-bond donors (Lipinski definition) is 0. The first-order valence-corrected chi connectivity index (χ1v) is 7.58. The Bertz CT molecular complexity index is 552. The zero-order chi connectivity index (χ0) is 17.4. The monoisotopic (exact) mass is 413 g/mol. The van der Waals surface area contributed by atoms with E-state index in [1.165, 1.54) is 14.6 Å². The molecule has 0 saturated carbocycles. The molecule has 0 fully saturated rings. The van der Waals surface area contributed by atoms with Gasteiger partial charge in [0.2, 0.25) is 0 Å². The SMILES string of the molecule is CN(C)c1ccc([Se]c2ccccc2)cc1.[C-]#[O+].[C-]#[O+].[C-]#[O+].[Cr]. The van der Waals surface area contributed by atoms with Crippen LogP contribution < -0.4 is 13.8 Å². The molecule has 0 unspecified atom stereocenters. The number of nitrogens with zero attached hydrogens (tertiary/aromatic N) is 1. The molecule has 2 rings (SSSR count). The fourth-order valence-electron chi connectivity index (χ4n) is 1.44. The number of hydrogen-bond acceptors (Lipinski definition) is 1. The summed E-state index contributed by atoms with van der Waals surface area (Å²) in [5.74, 6) is 0. The molecule has 0 heterocycles. The third-order valence-corrected chi connectivity index (χ3v) is 4.46. The van der Waals surface area contributed by atoms with Crippen LogP contribution >= 0.6 is 0 Å². The van der Waals surface area contributed by atoms with Crippen molar-refractivity contribution in [3.05, 3.63) is 74.5 Å². The predicted octanol–water partition coefficient (Wildman–Crippen LogP) is 1.29. The van der Waals surface area contributed by atoms with Gasteiger partial charge in [-0.25, -0.2) is 0 Å². The van der Waals surface area contributed by atoms with Gasteiger partial charge in [-0.05, 0) is 0 Å². The number of anilines is 1. The van der Waals surface area contributed by atoms with Gasteiger partial charge in [-0.2, -0.15) is 0 Å². The predicted molar refractivity (Wildman–Crippen MR) is 84.0 cm³/mol. The first-order chi connectivity index (χ1) is 10.8. The summed E-state index contributed by atoms with van der Waals surface area (Å²) in [7, 11) is 4.13. The maximum atomic E-state index is 7.50. The third kappa shape index (κ3) is 11.7. The quantitative estimate of drug-likeness (QED) is 0.426. The second-order valence-corrected chi connectivity index (χ2v) is 6.21. The summed E-state index contributed by atoms with van der Waals surface area (Å²) < 4.78 is 25.3. The van der Waals surface area contributed by atoms with Gasteiger partial charge in [0.05, 0.1) is 0 Å². The molecular weight excluding hydrogens is 397 g/mol. The van der Waals surface area contributed by atoms with Gasteiger partial charge in [0.15, 0.2) is 0 Å². The molecule has 2 aromatic rings. The van der Waals surface area contributed by atoms with E-state index in [9.17, 15) is 0 Å². The Kier molecular flexibility index (Phi) is 21.3. The second-order valence-electron chi connectivity index (χ2n) is 3.80. The summed E-state index contributed by atoms with van der Waals surface area (Å²) in [6.07, 6.45) is 0. The Morgan fingerprint density at radius 2 is 1.09 bits per heavy atom. The van der Waals surface area contributed by atoms with Gasteiger partial charge in [0.25, 0.3) is 0 Å². The Morgan fingerprint density at radius 1 is 0.696 bits per heavy atom. The van der Waals surface area contributed by atoms with Crippen molar-refractivity contribution < 1.29 is 31.3 Å². The van der Waals surface area contributed by atoms with Crippen molar-refractivity contribution in [2.24, 2.45) is 0 Å². The minimum absolute atomic E-state index is 0. The third-order valence-electron chi connectivity index (χ3n) is 2.33. The van der Waals surface area contributed by atoms with Crippen LogP contribution in [-0.4, -0.2) is 29.1 Å². The van der Waals surface area contributed by atoms with E-state index in [2.05, 4.69) is 93.5 Å². The second kappa shape index (κ2) is 18.6. The summed E-state index contributed by atoms with van der Waals surface area (Å²) >= 11 is 0.423. The molecule has 4 nitrogen and oxygen atoms in total.